The second kappa shape index (κ2) is 4.56. The van der Waals surface area contributed by atoms with Crippen molar-refractivity contribution < 1.29 is 4.39 Å². The minimum atomic E-state index is -0.409. The van der Waals surface area contributed by atoms with Gasteiger partial charge in [0.1, 0.15) is 0 Å². The van der Waals surface area contributed by atoms with Crippen molar-refractivity contribution in [3.05, 3.63) is 35.4 Å². The molecule has 0 heterocycles. The molecule has 1 nitrogen and oxygen atoms in total. The Labute approximate surface area is 85.1 Å². The van der Waals surface area contributed by atoms with Gasteiger partial charge in [-0.05, 0) is 18.9 Å². The van der Waals surface area contributed by atoms with Crippen molar-refractivity contribution in [1.82, 2.24) is 0 Å². The van der Waals surface area contributed by atoms with Crippen molar-refractivity contribution in [3.8, 4) is 0 Å². The van der Waals surface area contributed by atoms with Crippen LogP contribution in [0.5, 0.6) is 0 Å². The molecule has 2 N–H and O–H groups in total. The molecule has 0 aliphatic heterocycles. The number of nitrogens with two attached hydrogens (primary N) is 1. The number of rotatable bonds is 4. The molecule has 0 saturated heterocycles. The topological polar surface area (TPSA) is 26.0 Å². The van der Waals surface area contributed by atoms with Gasteiger partial charge >= 0.3 is 0 Å². The van der Waals surface area contributed by atoms with Crippen LogP contribution in [0, 0.1) is 12.3 Å². The fourth-order valence-corrected chi connectivity index (χ4v) is 1.49. The molecule has 14 heavy (non-hydrogen) atoms. The predicted molar refractivity (Wildman–Crippen MR) is 58.0 cm³/mol. The monoisotopic (exact) mass is 195 g/mol. The summed E-state index contributed by atoms with van der Waals surface area (Å²) in [6, 6.07) is 8.15. The summed E-state index contributed by atoms with van der Waals surface area (Å²) in [7, 11) is 0. The van der Waals surface area contributed by atoms with Gasteiger partial charge in [0, 0.05) is 12.0 Å². The molecule has 1 aromatic carbocycles. The summed E-state index contributed by atoms with van der Waals surface area (Å²) in [6.45, 7) is 3.95. The zero-order chi connectivity index (χ0) is 10.6. The van der Waals surface area contributed by atoms with E-state index >= 15 is 0 Å². The summed E-state index contributed by atoms with van der Waals surface area (Å²) in [4.78, 5) is 0. The molecule has 1 unspecified atom stereocenters. The van der Waals surface area contributed by atoms with Crippen molar-refractivity contribution >= 4 is 0 Å². The van der Waals surface area contributed by atoms with E-state index < -0.39 is 5.41 Å². The van der Waals surface area contributed by atoms with Crippen molar-refractivity contribution in [2.24, 2.45) is 11.1 Å². The lowest BCUT2D eigenvalue weighted by Gasteiger charge is -2.24. The van der Waals surface area contributed by atoms with Gasteiger partial charge < -0.3 is 5.73 Å². The van der Waals surface area contributed by atoms with Gasteiger partial charge in [-0.3, -0.25) is 4.39 Å². The minimum Gasteiger partial charge on any atom is -0.330 e. The number of aryl methyl sites for hydroxylation is 1. The Morgan fingerprint density at radius 2 is 2.14 bits per heavy atom. The summed E-state index contributed by atoms with van der Waals surface area (Å²) in [5.41, 5.74) is 7.53. The van der Waals surface area contributed by atoms with Gasteiger partial charge in [0.25, 0.3) is 0 Å². The van der Waals surface area contributed by atoms with Crippen molar-refractivity contribution in [2.75, 3.05) is 13.2 Å². The van der Waals surface area contributed by atoms with Gasteiger partial charge in [0.2, 0.25) is 0 Å². The lowest BCUT2D eigenvalue weighted by atomic mass is 9.85. The van der Waals surface area contributed by atoms with Gasteiger partial charge in [-0.15, -0.1) is 0 Å². The third-order valence-corrected chi connectivity index (χ3v) is 2.53. The van der Waals surface area contributed by atoms with Crippen LogP contribution in [0.25, 0.3) is 0 Å². The average Bonchev–Trinajstić information content (AvgIpc) is 2.18. The molecule has 2 heteroatoms. The Balaban J connectivity index is 2.77. The van der Waals surface area contributed by atoms with E-state index in [9.17, 15) is 4.39 Å². The van der Waals surface area contributed by atoms with E-state index in [2.05, 4.69) is 6.07 Å². The van der Waals surface area contributed by atoms with Crippen LogP contribution in [0.2, 0.25) is 0 Å². The molecule has 1 rings (SSSR count). The van der Waals surface area contributed by atoms with E-state index in [4.69, 9.17) is 5.73 Å². The highest BCUT2D eigenvalue weighted by atomic mass is 19.1. The molecule has 0 fully saturated rings. The smallest absolute Gasteiger partial charge is 0.0963 e. The summed E-state index contributed by atoms with van der Waals surface area (Å²) < 4.78 is 12.7. The van der Waals surface area contributed by atoms with Gasteiger partial charge in [-0.2, -0.15) is 0 Å². The van der Waals surface area contributed by atoms with Crippen molar-refractivity contribution in [3.63, 3.8) is 0 Å². The highest BCUT2D eigenvalue weighted by molar-refractivity contribution is 5.23. The molecule has 0 aliphatic carbocycles. The van der Waals surface area contributed by atoms with Gasteiger partial charge in [-0.25, -0.2) is 0 Å². The molecule has 0 saturated carbocycles. The largest absolute Gasteiger partial charge is 0.330 e. The van der Waals surface area contributed by atoms with E-state index in [0.29, 0.717) is 13.0 Å². The lowest BCUT2D eigenvalue weighted by molar-refractivity contribution is 0.238. The first-order valence-electron chi connectivity index (χ1n) is 4.91. The van der Waals surface area contributed by atoms with Crippen molar-refractivity contribution in [2.45, 2.75) is 20.3 Å². The van der Waals surface area contributed by atoms with E-state index in [-0.39, 0.29) is 6.67 Å². The van der Waals surface area contributed by atoms with E-state index in [1.807, 2.05) is 32.0 Å². The first-order chi connectivity index (χ1) is 6.59. The Kier molecular flexibility index (Phi) is 3.64. The molecule has 0 amide bonds. The van der Waals surface area contributed by atoms with Crippen LogP contribution in [0.15, 0.2) is 24.3 Å². The first-order valence-corrected chi connectivity index (χ1v) is 4.91. The van der Waals surface area contributed by atoms with Crippen LogP contribution >= 0.6 is 0 Å². The van der Waals surface area contributed by atoms with Gasteiger partial charge in [0.05, 0.1) is 6.67 Å². The number of alkyl halides is 1. The summed E-state index contributed by atoms with van der Waals surface area (Å²) in [5.74, 6) is 0. The fourth-order valence-electron chi connectivity index (χ4n) is 1.49. The number of benzene rings is 1. The molecule has 0 bridgehead atoms. The van der Waals surface area contributed by atoms with Gasteiger partial charge in [-0.1, -0.05) is 36.8 Å². The summed E-state index contributed by atoms with van der Waals surface area (Å²) in [6.07, 6.45) is 0.710. The normalized spacial score (nSPS) is 15.1. The third-order valence-electron chi connectivity index (χ3n) is 2.53. The highest BCUT2D eigenvalue weighted by Gasteiger charge is 2.22. The average molecular weight is 195 g/mol. The summed E-state index contributed by atoms with van der Waals surface area (Å²) in [5, 5.41) is 0. The van der Waals surface area contributed by atoms with E-state index in [1.165, 1.54) is 5.56 Å². The number of hydrogen-bond acceptors (Lipinski definition) is 1. The Morgan fingerprint density at radius 3 is 2.64 bits per heavy atom. The maximum Gasteiger partial charge on any atom is 0.0963 e. The first kappa shape index (κ1) is 11.2. The van der Waals surface area contributed by atoms with Crippen LogP contribution < -0.4 is 5.73 Å². The maximum atomic E-state index is 12.7. The van der Waals surface area contributed by atoms with Crippen LogP contribution in [-0.4, -0.2) is 13.2 Å². The fraction of sp³-hybridized carbons (Fsp3) is 0.500. The van der Waals surface area contributed by atoms with Crippen LogP contribution in [0.1, 0.15) is 18.1 Å². The Hall–Kier alpha value is -0.890. The van der Waals surface area contributed by atoms with Crippen molar-refractivity contribution in [1.29, 1.82) is 0 Å². The molecule has 0 aliphatic rings. The zero-order valence-corrected chi connectivity index (χ0v) is 8.89. The van der Waals surface area contributed by atoms with Gasteiger partial charge in [0.15, 0.2) is 0 Å². The van der Waals surface area contributed by atoms with Crippen LogP contribution in [0.3, 0.4) is 0 Å². The molecule has 1 aromatic rings. The Morgan fingerprint density at radius 1 is 1.43 bits per heavy atom. The lowest BCUT2D eigenvalue weighted by Crippen LogP contribution is -2.31. The van der Waals surface area contributed by atoms with Crippen LogP contribution in [-0.2, 0) is 6.42 Å². The third kappa shape index (κ3) is 2.81. The summed E-state index contributed by atoms with van der Waals surface area (Å²) >= 11 is 0. The Bertz CT molecular complexity index is 292. The molecule has 1 atom stereocenters. The minimum absolute atomic E-state index is 0.364. The SMILES string of the molecule is Cc1cccc(CC(C)(CN)CF)c1. The number of halogens is 1. The zero-order valence-electron chi connectivity index (χ0n) is 8.89. The van der Waals surface area contributed by atoms with E-state index in [0.717, 1.165) is 5.56 Å². The molecular weight excluding hydrogens is 177 g/mol. The van der Waals surface area contributed by atoms with E-state index in [1.54, 1.807) is 0 Å². The molecule has 78 valence electrons. The maximum absolute atomic E-state index is 12.7. The van der Waals surface area contributed by atoms with Crippen LogP contribution in [0.4, 0.5) is 4.39 Å². The predicted octanol–water partition coefficient (Wildman–Crippen LogP) is 2.47. The highest BCUT2D eigenvalue weighted by Crippen LogP contribution is 2.22. The second-order valence-corrected chi connectivity index (χ2v) is 4.31. The molecule has 0 spiro atoms. The molecular formula is C12H18FN. The number of hydrogen-bond donors (Lipinski definition) is 1. The standard InChI is InChI=1S/C12H18FN/c1-10-4-3-5-11(6-10)7-12(2,8-13)9-14/h3-6H,7-9,14H2,1-2H3. The molecule has 0 aromatic heterocycles. The quantitative estimate of drug-likeness (QED) is 0.784. The molecule has 0 radical (unpaired) electrons. The second-order valence-electron chi connectivity index (χ2n) is 4.31.